The van der Waals surface area contributed by atoms with E-state index in [1.807, 2.05) is 51.1 Å². The molecule has 5 heteroatoms. The second kappa shape index (κ2) is 6.71. The lowest BCUT2D eigenvalue weighted by Gasteiger charge is -2.23. The number of carbonyl (C=O) groups excluding carboxylic acids is 2. The number of hydrogen-bond acceptors (Lipinski definition) is 4. The first-order chi connectivity index (χ1) is 8.92. The number of carbonyl (C=O) groups is 1. The Morgan fingerprint density at radius 3 is 2.53 bits per heavy atom. The third-order valence-electron chi connectivity index (χ3n) is 2.22. The van der Waals surface area contributed by atoms with Gasteiger partial charge in [-0.15, -0.1) is 0 Å². The molecule has 1 atom stereocenters. The van der Waals surface area contributed by atoms with Gasteiger partial charge in [-0.2, -0.15) is 0 Å². The van der Waals surface area contributed by atoms with E-state index in [4.69, 9.17) is 4.74 Å². The number of rotatable bonds is 4. The standard InChI is InChI=1S/C14H18N2O3/c1-14(2,3)16-13(18)19-12(9-15-10-17)11-7-5-4-6-8-11/h4-8,12H,9H2,1-3H3,(H,16,18)/t12-/m0/s1. The van der Waals surface area contributed by atoms with Crippen LogP contribution in [0.1, 0.15) is 32.4 Å². The van der Waals surface area contributed by atoms with Gasteiger partial charge in [0.1, 0.15) is 6.10 Å². The first-order valence-electron chi connectivity index (χ1n) is 6.00. The summed E-state index contributed by atoms with van der Waals surface area (Å²) < 4.78 is 5.29. The maximum Gasteiger partial charge on any atom is 0.408 e. The Kier molecular flexibility index (Phi) is 5.27. The highest BCUT2D eigenvalue weighted by Gasteiger charge is 2.20. The molecule has 19 heavy (non-hydrogen) atoms. The monoisotopic (exact) mass is 262 g/mol. The van der Waals surface area contributed by atoms with Crippen molar-refractivity contribution in [2.45, 2.75) is 32.4 Å². The van der Waals surface area contributed by atoms with Gasteiger partial charge in [0.2, 0.25) is 6.08 Å². The number of benzene rings is 1. The van der Waals surface area contributed by atoms with E-state index >= 15 is 0 Å². The van der Waals surface area contributed by atoms with Crippen LogP contribution in [0.2, 0.25) is 0 Å². The molecule has 0 bridgehead atoms. The summed E-state index contributed by atoms with van der Waals surface area (Å²) in [5.41, 5.74) is 0.400. The molecule has 0 aliphatic carbocycles. The molecule has 0 aliphatic heterocycles. The number of isocyanates is 1. The third-order valence-corrected chi connectivity index (χ3v) is 2.22. The van der Waals surface area contributed by atoms with Gasteiger partial charge >= 0.3 is 6.09 Å². The largest absolute Gasteiger partial charge is 0.439 e. The van der Waals surface area contributed by atoms with Gasteiger partial charge in [-0.25, -0.2) is 14.6 Å². The Morgan fingerprint density at radius 2 is 2.00 bits per heavy atom. The SMILES string of the molecule is CC(C)(C)NC(=O)O[C@@H](CN=C=O)c1ccccc1. The Hall–Kier alpha value is -2.13. The molecule has 5 nitrogen and oxygen atoms in total. The maximum atomic E-state index is 11.7. The fourth-order valence-electron chi connectivity index (χ4n) is 1.46. The molecule has 0 saturated carbocycles. The van der Waals surface area contributed by atoms with Crippen LogP contribution < -0.4 is 5.32 Å². The highest BCUT2D eigenvalue weighted by atomic mass is 16.6. The Balaban J connectivity index is 2.76. The highest BCUT2D eigenvalue weighted by Crippen LogP contribution is 2.18. The Bertz CT molecular complexity index is 459. The first-order valence-corrected chi connectivity index (χ1v) is 6.00. The van der Waals surface area contributed by atoms with Crippen molar-refractivity contribution in [1.82, 2.24) is 5.32 Å². The fraction of sp³-hybridized carbons (Fsp3) is 0.429. The van der Waals surface area contributed by atoms with Crippen LogP contribution in [0.15, 0.2) is 35.3 Å². The number of nitrogens with one attached hydrogen (secondary N) is 1. The molecular formula is C14H18N2O3. The zero-order valence-corrected chi connectivity index (χ0v) is 11.3. The molecule has 1 rings (SSSR count). The summed E-state index contributed by atoms with van der Waals surface area (Å²) in [7, 11) is 0. The van der Waals surface area contributed by atoms with E-state index in [2.05, 4.69) is 10.3 Å². The number of ether oxygens (including phenoxy) is 1. The van der Waals surface area contributed by atoms with Gasteiger partial charge in [0, 0.05) is 5.54 Å². The molecule has 1 amide bonds. The third kappa shape index (κ3) is 5.84. The lowest BCUT2D eigenvalue weighted by Crippen LogP contribution is -2.41. The fourth-order valence-corrected chi connectivity index (χ4v) is 1.46. The molecule has 0 fully saturated rings. The van der Waals surface area contributed by atoms with Gasteiger partial charge in [0.25, 0.3) is 0 Å². The molecule has 0 heterocycles. The minimum Gasteiger partial charge on any atom is -0.439 e. The smallest absolute Gasteiger partial charge is 0.408 e. The van der Waals surface area contributed by atoms with Gasteiger partial charge in [-0.1, -0.05) is 30.3 Å². The van der Waals surface area contributed by atoms with Crippen LogP contribution in [0.5, 0.6) is 0 Å². The first kappa shape index (κ1) is 14.9. The summed E-state index contributed by atoms with van der Waals surface area (Å²) in [6.07, 6.45) is 0.321. The van der Waals surface area contributed by atoms with E-state index in [0.717, 1.165) is 5.56 Å². The van der Waals surface area contributed by atoms with Crippen molar-refractivity contribution in [2.24, 2.45) is 4.99 Å². The average Bonchev–Trinajstić information content (AvgIpc) is 2.33. The van der Waals surface area contributed by atoms with E-state index in [-0.39, 0.29) is 12.1 Å². The molecule has 0 spiro atoms. The van der Waals surface area contributed by atoms with Crippen molar-refractivity contribution < 1.29 is 14.3 Å². The van der Waals surface area contributed by atoms with Crippen LogP contribution in [-0.4, -0.2) is 24.3 Å². The Morgan fingerprint density at radius 1 is 1.37 bits per heavy atom. The van der Waals surface area contributed by atoms with Crippen LogP contribution in [0.3, 0.4) is 0 Å². The van der Waals surface area contributed by atoms with Crippen LogP contribution >= 0.6 is 0 Å². The van der Waals surface area contributed by atoms with Crippen LogP contribution in [0.25, 0.3) is 0 Å². The van der Waals surface area contributed by atoms with Crippen LogP contribution in [0, 0.1) is 0 Å². The second-order valence-corrected chi connectivity index (χ2v) is 5.11. The van der Waals surface area contributed by atoms with Gasteiger partial charge in [0.15, 0.2) is 0 Å². The number of nitrogens with zero attached hydrogens (tertiary/aromatic N) is 1. The number of alkyl carbamates (subject to hydrolysis) is 1. The summed E-state index contributed by atoms with van der Waals surface area (Å²) >= 11 is 0. The minimum atomic E-state index is -0.593. The van der Waals surface area contributed by atoms with Crippen LogP contribution in [-0.2, 0) is 9.53 Å². The number of amides is 1. The van der Waals surface area contributed by atoms with E-state index in [1.54, 1.807) is 0 Å². The molecule has 0 radical (unpaired) electrons. The topological polar surface area (TPSA) is 67.8 Å². The normalized spacial score (nSPS) is 12.2. The predicted octanol–water partition coefficient (Wildman–Crippen LogP) is 2.59. The zero-order valence-electron chi connectivity index (χ0n) is 11.3. The van der Waals surface area contributed by atoms with Crippen molar-refractivity contribution in [1.29, 1.82) is 0 Å². The molecule has 0 aliphatic rings. The molecule has 0 aromatic heterocycles. The van der Waals surface area contributed by atoms with Crippen LogP contribution in [0.4, 0.5) is 4.79 Å². The lowest BCUT2D eigenvalue weighted by molar-refractivity contribution is 0.0952. The summed E-state index contributed by atoms with van der Waals surface area (Å²) in [4.78, 5) is 25.4. The Labute approximate surface area is 112 Å². The van der Waals surface area contributed by atoms with Crippen molar-refractivity contribution in [3.05, 3.63) is 35.9 Å². The quantitative estimate of drug-likeness (QED) is 0.670. The maximum absolute atomic E-state index is 11.7. The molecule has 1 aromatic rings. The molecule has 0 unspecified atom stereocenters. The van der Waals surface area contributed by atoms with E-state index in [1.165, 1.54) is 6.08 Å². The molecular weight excluding hydrogens is 244 g/mol. The summed E-state index contributed by atoms with van der Waals surface area (Å²) in [5, 5.41) is 2.69. The molecule has 1 aromatic carbocycles. The van der Waals surface area contributed by atoms with Crippen molar-refractivity contribution in [2.75, 3.05) is 6.54 Å². The minimum absolute atomic E-state index is 0.0606. The van der Waals surface area contributed by atoms with Gasteiger partial charge in [-0.05, 0) is 26.3 Å². The van der Waals surface area contributed by atoms with Crippen molar-refractivity contribution in [3.8, 4) is 0 Å². The summed E-state index contributed by atoms with van der Waals surface area (Å²) in [6, 6.07) is 9.15. The average molecular weight is 262 g/mol. The lowest BCUT2D eigenvalue weighted by atomic mass is 10.1. The number of hydrogen-bond donors (Lipinski definition) is 1. The molecule has 102 valence electrons. The van der Waals surface area contributed by atoms with Crippen molar-refractivity contribution >= 4 is 12.2 Å². The number of aliphatic imine (C=N–C) groups is 1. The predicted molar refractivity (Wildman–Crippen MR) is 71.5 cm³/mol. The van der Waals surface area contributed by atoms with E-state index < -0.39 is 12.2 Å². The van der Waals surface area contributed by atoms with E-state index in [0.29, 0.717) is 0 Å². The van der Waals surface area contributed by atoms with Crippen molar-refractivity contribution in [3.63, 3.8) is 0 Å². The van der Waals surface area contributed by atoms with Gasteiger partial charge in [0.05, 0.1) is 6.54 Å². The zero-order chi connectivity index (χ0) is 14.3. The highest BCUT2D eigenvalue weighted by molar-refractivity contribution is 5.68. The molecule has 0 saturated heterocycles. The summed E-state index contributed by atoms with van der Waals surface area (Å²) in [5.74, 6) is 0. The molecule has 1 N–H and O–H groups in total. The van der Waals surface area contributed by atoms with Gasteiger partial charge in [-0.3, -0.25) is 0 Å². The van der Waals surface area contributed by atoms with E-state index in [9.17, 15) is 9.59 Å². The summed E-state index contributed by atoms with van der Waals surface area (Å²) in [6.45, 7) is 5.63. The van der Waals surface area contributed by atoms with Gasteiger partial charge < -0.3 is 10.1 Å². The second-order valence-electron chi connectivity index (χ2n) is 5.11.